The molecule has 1 rings (SSSR count). The first kappa shape index (κ1) is 6.61. The number of thioether (sulfide) groups is 1. The van der Waals surface area contributed by atoms with Gasteiger partial charge in [0.25, 0.3) is 0 Å². The maximum absolute atomic E-state index is 10.5. The minimum Gasteiger partial charge on any atom is -0.345 e. The highest BCUT2D eigenvalue weighted by Crippen LogP contribution is 2.19. The third kappa shape index (κ3) is 1.45. The van der Waals surface area contributed by atoms with E-state index in [0.29, 0.717) is 0 Å². The average molecular weight is 145 g/mol. The van der Waals surface area contributed by atoms with Crippen molar-refractivity contribution in [2.75, 3.05) is 5.75 Å². The van der Waals surface area contributed by atoms with Crippen molar-refractivity contribution in [2.45, 2.75) is 13.0 Å². The van der Waals surface area contributed by atoms with Crippen LogP contribution in [0.3, 0.4) is 0 Å². The Labute approximate surface area is 57.2 Å². The third-order valence-electron chi connectivity index (χ3n) is 1.05. The fourth-order valence-corrected chi connectivity index (χ4v) is 1.19. The molecular formula is C5H7NO2S. The molecule has 0 aromatic carbocycles. The lowest BCUT2D eigenvalue weighted by Crippen LogP contribution is -2.46. The van der Waals surface area contributed by atoms with E-state index in [4.69, 9.17) is 0 Å². The Balaban J connectivity index is 2.29. The lowest BCUT2D eigenvalue weighted by atomic mass is 10.3. The second kappa shape index (κ2) is 2.39. The topological polar surface area (TPSA) is 46.2 Å². The van der Waals surface area contributed by atoms with Crippen LogP contribution >= 0.6 is 11.8 Å². The van der Waals surface area contributed by atoms with Crippen molar-refractivity contribution in [1.29, 1.82) is 0 Å². The summed E-state index contributed by atoms with van der Waals surface area (Å²) in [4.78, 5) is 20.8. The number of rotatable bonds is 1. The molecule has 4 heteroatoms. The first-order valence-electron chi connectivity index (χ1n) is 2.64. The van der Waals surface area contributed by atoms with Gasteiger partial charge < -0.3 is 5.32 Å². The highest BCUT2D eigenvalue weighted by Gasteiger charge is 2.29. The van der Waals surface area contributed by atoms with Gasteiger partial charge in [0.15, 0.2) is 0 Å². The van der Waals surface area contributed by atoms with Gasteiger partial charge >= 0.3 is 0 Å². The van der Waals surface area contributed by atoms with E-state index >= 15 is 0 Å². The molecule has 1 N–H and O–H groups in total. The Hall–Kier alpha value is -0.510. The van der Waals surface area contributed by atoms with E-state index < -0.39 is 0 Å². The van der Waals surface area contributed by atoms with Crippen LogP contribution in [0.2, 0.25) is 0 Å². The first-order valence-corrected chi connectivity index (χ1v) is 3.62. The maximum atomic E-state index is 10.5. The molecule has 1 atom stereocenters. The molecule has 0 radical (unpaired) electrons. The summed E-state index contributed by atoms with van der Waals surface area (Å²) in [5.74, 6) is 0.604. The molecule has 0 aliphatic carbocycles. The molecule has 0 saturated carbocycles. The molecule has 0 aromatic heterocycles. The van der Waals surface area contributed by atoms with Crippen LogP contribution in [0.4, 0.5) is 0 Å². The highest BCUT2D eigenvalue weighted by atomic mass is 32.2. The SMILES string of the molecule is CC(=O)NC1CSC1=O. The van der Waals surface area contributed by atoms with E-state index in [1.807, 2.05) is 0 Å². The smallest absolute Gasteiger partial charge is 0.217 e. The van der Waals surface area contributed by atoms with Crippen molar-refractivity contribution in [3.8, 4) is 0 Å². The van der Waals surface area contributed by atoms with Gasteiger partial charge in [-0.2, -0.15) is 0 Å². The van der Waals surface area contributed by atoms with Gasteiger partial charge in [0.05, 0.1) is 0 Å². The molecule has 0 aromatic rings. The van der Waals surface area contributed by atoms with Gasteiger partial charge in [-0.1, -0.05) is 11.8 Å². The van der Waals surface area contributed by atoms with Crippen molar-refractivity contribution < 1.29 is 9.59 Å². The molecule has 3 nitrogen and oxygen atoms in total. The Morgan fingerprint density at radius 3 is 2.67 bits per heavy atom. The molecule has 1 amide bonds. The highest BCUT2D eigenvalue weighted by molar-refractivity contribution is 8.16. The van der Waals surface area contributed by atoms with Crippen molar-refractivity contribution in [2.24, 2.45) is 0 Å². The predicted octanol–water partition coefficient (Wildman–Crippen LogP) is -0.236. The van der Waals surface area contributed by atoms with Crippen molar-refractivity contribution >= 4 is 22.8 Å². The summed E-state index contributed by atoms with van der Waals surface area (Å²) < 4.78 is 0. The number of hydrogen-bond acceptors (Lipinski definition) is 3. The Morgan fingerprint density at radius 2 is 2.56 bits per heavy atom. The summed E-state index contributed by atoms with van der Waals surface area (Å²) in [5, 5.41) is 2.59. The molecule has 1 heterocycles. The fraction of sp³-hybridized carbons (Fsp3) is 0.600. The summed E-state index contributed by atoms with van der Waals surface area (Å²) in [6.45, 7) is 1.41. The molecule has 0 spiro atoms. The zero-order chi connectivity index (χ0) is 6.85. The zero-order valence-electron chi connectivity index (χ0n) is 5.01. The molecule has 1 saturated heterocycles. The Morgan fingerprint density at radius 1 is 1.89 bits per heavy atom. The molecular weight excluding hydrogens is 138 g/mol. The molecule has 1 unspecified atom stereocenters. The quantitative estimate of drug-likeness (QED) is 0.554. The number of carbonyl (C=O) groups excluding carboxylic acids is 2. The normalized spacial score (nSPS) is 25.0. The van der Waals surface area contributed by atoms with Gasteiger partial charge in [0.1, 0.15) is 6.04 Å². The number of nitrogens with one attached hydrogen (secondary N) is 1. The largest absolute Gasteiger partial charge is 0.345 e. The van der Waals surface area contributed by atoms with Gasteiger partial charge in [-0.05, 0) is 0 Å². The van der Waals surface area contributed by atoms with Crippen LogP contribution in [0.1, 0.15) is 6.92 Å². The summed E-state index contributed by atoms with van der Waals surface area (Å²) in [6.07, 6.45) is 0. The van der Waals surface area contributed by atoms with Crippen LogP contribution in [0.25, 0.3) is 0 Å². The Bertz CT molecular complexity index is 157. The van der Waals surface area contributed by atoms with Crippen molar-refractivity contribution in [3.05, 3.63) is 0 Å². The number of amides is 1. The minimum atomic E-state index is -0.201. The number of carbonyl (C=O) groups is 2. The summed E-state index contributed by atoms with van der Waals surface area (Å²) >= 11 is 1.26. The first-order chi connectivity index (χ1) is 4.20. The van der Waals surface area contributed by atoms with Crippen LogP contribution in [-0.4, -0.2) is 22.8 Å². The van der Waals surface area contributed by atoms with E-state index in [9.17, 15) is 9.59 Å². The van der Waals surface area contributed by atoms with Gasteiger partial charge in [-0.25, -0.2) is 0 Å². The second-order valence-electron chi connectivity index (χ2n) is 1.88. The van der Waals surface area contributed by atoms with Crippen LogP contribution in [-0.2, 0) is 9.59 Å². The number of hydrogen-bond donors (Lipinski definition) is 1. The monoisotopic (exact) mass is 145 g/mol. The standard InChI is InChI=1S/C5H7NO2S/c1-3(7)6-4-2-9-5(4)8/h4H,2H2,1H3,(H,6,7). The zero-order valence-corrected chi connectivity index (χ0v) is 5.83. The van der Waals surface area contributed by atoms with Gasteiger partial charge in [0.2, 0.25) is 11.0 Å². The van der Waals surface area contributed by atoms with E-state index in [-0.39, 0.29) is 17.1 Å². The molecule has 1 aliphatic rings. The lowest BCUT2D eigenvalue weighted by Gasteiger charge is -2.22. The van der Waals surface area contributed by atoms with Crippen molar-refractivity contribution in [3.63, 3.8) is 0 Å². The second-order valence-corrected chi connectivity index (χ2v) is 2.91. The Kier molecular flexibility index (Phi) is 1.75. The van der Waals surface area contributed by atoms with E-state index in [1.54, 1.807) is 0 Å². The fourth-order valence-electron chi connectivity index (χ4n) is 0.581. The van der Waals surface area contributed by atoms with Gasteiger partial charge in [-0.3, -0.25) is 9.59 Å². The molecule has 50 valence electrons. The maximum Gasteiger partial charge on any atom is 0.217 e. The predicted molar refractivity (Wildman–Crippen MR) is 35.1 cm³/mol. The minimum absolute atomic E-state index is 0.0743. The summed E-state index contributed by atoms with van der Waals surface area (Å²) in [6, 6.07) is -0.201. The van der Waals surface area contributed by atoms with Gasteiger partial charge in [-0.15, -0.1) is 0 Å². The van der Waals surface area contributed by atoms with Crippen LogP contribution in [0, 0.1) is 0 Å². The molecule has 1 aliphatic heterocycles. The van der Waals surface area contributed by atoms with Crippen LogP contribution in [0.15, 0.2) is 0 Å². The van der Waals surface area contributed by atoms with Crippen LogP contribution < -0.4 is 5.32 Å². The molecule has 1 fully saturated rings. The van der Waals surface area contributed by atoms with Gasteiger partial charge in [0, 0.05) is 12.7 Å². The van der Waals surface area contributed by atoms with Crippen molar-refractivity contribution in [1.82, 2.24) is 5.32 Å². The molecule has 9 heavy (non-hydrogen) atoms. The lowest BCUT2D eigenvalue weighted by molar-refractivity contribution is -0.123. The van der Waals surface area contributed by atoms with E-state index in [2.05, 4.69) is 5.32 Å². The summed E-state index contributed by atoms with van der Waals surface area (Å²) in [7, 11) is 0. The van der Waals surface area contributed by atoms with E-state index in [1.165, 1.54) is 18.7 Å². The average Bonchev–Trinajstić information content (AvgIpc) is 1.79. The van der Waals surface area contributed by atoms with E-state index in [0.717, 1.165) is 5.75 Å². The molecule has 0 bridgehead atoms. The third-order valence-corrected chi connectivity index (χ3v) is 2.12. The van der Waals surface area contributed by atoms with Crippen LogP contribution in [0.5, 0.6) is 0 Å². The summed E-state index contributed by atoms with van der Waals surface area (Å²) in [5.41, 5.74) is 0.